The summed E-state index contributed by atoms with van der Waals surface area (Å²) < 4.78 is 0. The average Bonchev–Trinajstić information content (AvgIpc) is 2.58. The lowest BCUT2D eigenvalue weighted by Gasteiger charge is -1.96. The smallest absolute Gasteiger partial charge is 0.181 e. The number of fused-ring (bicyclic) bond motifs is 1. The molecule has 2 heterocycles. The van der Waals surface area contributed by atoms with Crippen molar-refractivity contribution in [1.29, 1.82) is 0 Å². The van der Waals surface area contributed by atoms with Crippen molar-refractivity contribution in [2.75, 3.05) is 13.6 Å². The number of rotatable bonds is 3. The highest BCUT2D eigenvalue weighted by atomic mass is 15.1. The van der Waals surface area contributed by atoms with Gasteiger partial charge in [-0.2, -0.15) is 5.10 Å². The van der Waals surface area contributed by atoms with E-state index in [0.29, 0.717) is 0 Å². The predicted molar refractivity (Wildman–Crippen MR) is 51.5 cm³/mol. The number of H-pyrrole nitrogens is 1. The minimum absolute atomic E-state index is 0.800. The van der Waals surface area contributed by atoms with Gasteiger partial charge in [-0.05, 0) is 19.2 Å². The van der Waals surface area contributed by atoms with Crippen LogP contribution in [0.3, 0.4) is 0 Å². The van der Waals surface area contributed by atoms with Gasteiger partial charge in [0.15, 0.2) is 5.65 Å². The van der Waals surface area contributed by atoms with Gasteiger partial charge in [-0.1, -0.05) is 0 Å². The lowest BCUT2D eigenvalue weighted by atomic mass is 10.2. The highest BCUT2D eigenvalue weighted by Gasteiger charge is 2.03. The standard InChI is InChI=1S/C9H12N4/c1-10-6-4-8-7-3-2-5-11-9(7)13-12-8/h2-3,5,10H,4,6H2,1H3,(H,11,12,13). The molecular formula is C9H12N4. The molecule has 0 amide bonds. The van der Waals surface area contributed by atoms with Crippen LogP contribution in [0.2, 0.25) is 0 Å². The Hall–Kier alpha value is -1.42. The number of nitrogens with one attached hydrogen (secondary N) is 2. The molecule has 68 valence electrons. The lowest BCUT2D eigenvalue weighted by molar-refractivity contribution is 0.775. The Bertz CT molecular complexity index is 393. The van der Waals surface area contributed by atoms with Crippen LogP contribution in [0.25, 0.3) is 11.0 Å². The number of aromatic amines is 1. The lowest BCUT2D eigenvalue weighted by Crippen LogP contribution is -2.10. The maximum Gasteiger partial charge on any atom is 0.181 e. The number of hydrogen-bond acceptors (Lipinski definition) is 3. The Labute approximate surface area is 76.4 Å². The van der Waals surface area contributed by atoms with E-state index in [1.165, 1.54) is 0 Å². The topological polar surface area (TPSA) is 53.6 Å². The number of aromatic nitrogens is 3. The summed E-state index contributed by atoms with van der Waals surface area (Å²) in [5.74, 6) is 0. The normalized spacial score (nSPS) is 10.8. The number of nitrogens with zero attached hydrogens (tertiary/aromatic N) is 2. The third-order valence-electron chi connectivity index (χ3n) is 2.03. The highest BCUT2D eigenvalue weighted by Crippen LogP contribution is 2.12. The second-order valence-corrected chi connectivity index (χ2v) is 2.93. The van der Waals surface area contributed by atoms with Crippen LogP contribution in [0.1, 0.15) is 5.69 Å². The molecule has 4 nitrogen and oxygen atoms in total. The van der Waals surface area contributed by atoms with Crippen molar-refractivity contribution in [2.24, 2.45) is 0 Å². The summed E-state index contributed by atoms with van der Waals surface area (Å²) in [6, 6.07) is 3.97. The van der Waals surface area contributed by atoms with Gasteiger partial charge in [0.2, 0.25) is 0 Å². The quantitative estimate of drug-likeness (QED) is 0.724. The first-order valence-electron chi connectivity index (χ1n) is 4.34. The molecule has 0 aromatic carbocycles. The van der Waals surface area contributed by atoms with Crippen LogP contribution in [0.4, 0.5) is 0 Å². The van der Waals surface area contributed by atoms with Crippen LogP contribution in [0.15, 0.2) is 18.3 Å². The SMILES string of the molecule is CNCCc1[nH]nc2ncccc12. The summed E-state index contributed by atoms with van der Waals surface area (Å²) in [7, 11) is 1.94. The molecule has 13 heavy (non-hydrogen) atoms. The molecule has 0 fully saturated rings. The van der Waals surface area contributed by atoms with Gasteiger partial charge in [0, 0.05) is 30.2 Å². The molecule has 0 aliphatic rings. The molecule has 0 unspecified atom stereocenters. The van der Waals surface area contributed by atoms with E-state index >= 15 is 0 Å². The van der Waals surface area contributed by atoms with Crippen molar-refractivity contribution >= 4 is 11.0 Å². The van der Waals surface area contributed by atoms with Crippen molar-refractivity contribution in [3.63, 3.8) is 0 Å². The van der Waals surface area contributed by atoms with Crippen LogP contribution in [0.5, 0.6) is 0 Å². The van der Waals surface area contributed by atoms with Gasteiger partial charge in [-0.3, -0.25) is 5.10 Å². The third kappa shape index (κ3) is 1.53. The summed E-state index contributed by atoms with van der Waals surface area (Å²) in [6.07, 6.45) is 2.71. The molecule has 0 saturated carbocycles. The molecule has 4 heteroatoms. The first-order valence-corrected chi connectivity index (χ1v) is 4.34. The molecule has 2 rings (SSSR count). The van der Waals surface area contributed by atoms with E-state index in [-0.39, 0.29) is 0 Å². The van der Waals surface area contributed by atoms with E-state index < -0.39 is 0 Å². The number of hydrogen-bond donors (Lipinski definition) is 2. The zero-order valence-corrected chi connectivity index (χ0v) is 7.54. The van der Waals surface area contributed by atoms with E-state index in [2.05, 4.69) is 20.5 Å². The Balaban J connectivity index is 2.35. The number of pyridine rings is 1. The molecule has 2 aromatic rings. The molecular weight excluding hydrogens is 164 g/mol. The van der Waals surface area contributed by atoms with Gasteiger partial charge in [0.05, 0.1) is 0 Å². The Kier molecular flexibility index (Phi) is 2.23. The fourth-order valence-corrected chi connectivity index (χ4v) is 1.34. The van der Waals surface area contributed by atoms with Crippen LogP contribution >= 0.6 is 0 Å². The van der Waals surface area contributed by atoms with E-state index in [4.69, 9.17) is 0 Å². The highest BCUT2D eigenvalue weighted by molar-refractivity contribution is 5.77. The molecule has 2 aromatic heterocycles. The van der Waals surface area contributed by atoms with Gasteiger partial charge in [0.1, 0.15) is 0 Å². The van der Waals surface area contributed by atoms with Gasteiger partial charge < -0.3 is 5.32 Å². The Morgan fingerprint density at radius 1 is 1.54 bits per heavy atom. The van der Waals surface area contributed by atoms with E-state index in [1.54, 1.807) is 6.20 Å². The zero-order chi connectivity index (χ0) is 9.10. The van der Waals surface area contributed by atoms with E-state index in [0.717, 1.165) is 29.7 Å². The van der Waals surface area contributed by atoms with Gasteiger partial charge in [-0.15, -0.1) is 0 Å². The van der Waals surface area contributed by atoms with Crippen LogP contribution in [-0.4, -0.2) is 28.8 Å². The summed E-state index contributed by atoms with van der Waals surface area (Å²) in [5, 5.41) is 11.3. The second-order valence-electron chi connectivity index (χ2n) is 2.93. The van der Waals surface area contributed by atoms with Crippen molar-refractivity contribution in [2.45, 2.75) is 6.42 Å². The zero-order valence-electron chi connectivity index (χ0n) is 7.54. The van der Waals surface area contributed by atoms with Crippen molar-refractivity contribution in [3.05, 3.63) is 24.0 Å². The minimum Gasteiger partial charge on any atom is -0.319 e. The first kappa shape index (κ1) is 8.19. The van der Waals surface area contributed by atoms with Crippen molar-refractivity contribution in [1.82, 2.24) is 20.5 Å². The van der Waals surface area contributed by atoms with Crippen molar-refractivity contribution < 1.29 is 0 Å². The van der Waals surface area contributed by atoms with Crippen molar-refractivity contribution in [3.8, 4) is 0 Å². The maximum atomic E-state index is 4.15. The average molecular weight is 176 g/mol. The molecule has 0 atom stereocenters. The largest absolute Gasteiger partial charge is 0.319 e. The van der Waals surface area contributed by atoms with Gasteiger partial charge >= 0.3 is 0 Å². The van der Waals surface area contributed by atoms with E-state index in [9.17, 15) is 0 Å². The predicted octanol–water partition coefficient (Wildman–Crippen LogP) is 0.720. The van der Waals surface area contributed by atoms with Gasteiger partial charge in [-0.25, -0.2) is 4.98 Å². The summed E-state index contributed by atoms with van der Waals surface area (Å²) >= 11 is 0. The monoisotopic (exact) mass is 176 g/mol. The Morgan fingerprint density at radius 3 is 3.31 bits per heavy atom. The molecule has 0 aliphatic carbocycles. The summed E-state index contributed by atoms with van der Waals surface area (Å²) in [6.45, 7) is 0.951. The number of likely N-dealkylation sites (N-methyl/N-ethyl adjacent to an activating group) is 1. The fraction of sp³-hybridized carbons (Fsp3) is 0.333. The van der Waals surface area contributed by atoms with Crippen LogP contribution in [0, 0.1) is 0 Å². The second kappa shape index (κ2) is 3.53. The maximum absolute atomic E-state index is 4.15. The van der Waals surface area contributed by atoms with E-state index in [1.807, 2.05) is 19.2 Å². The molecule has 0 radical (unpaired) electrons. The summed E-state index contributed by atoms with van der Waals surface area (Å²) in [4.78, 5) is 4.15. The van der Waals surface area contributed by atoms with Gasteiger partial charge in [0.25, 0.3) is 0 Å². The molecule has 0 aliphatic heterocycles. The minimum atomic E-state index is 0.800. The molecule has 2 N–H and O–H groups in total. The van der Waals surface area contributed by atoms with Crippen LogP contribution in [-0.2, 0) is 6.42 Å². The summed E-state index contributed by atoms with van der Waals surface area (Å²) in [5.41, 5.74) is 1.95. The molecule has 0 bridgehead atoms. The third-order valence-corrected chi connectivity index (χ3v) is 2.03. The molecule has 0 saturated heterocycles. The van der Waals surface area contributed by atoms with Crippen LogP contribution < -0.4 is 5.32 Å². The first-order chi connectivity index (χ1) is 6.42. The molecule has 0 spiro atoms. The Morgan fingerprint density at radius 2 is 2.46 bits per heavy atom. The fourth-order valence-electron chi connectivity index (χ4n) is 1.34.